The molecule has 106 valence electrons. The number of aliphatic hydroxyl groups is 1. The normalized spacial score (nSPS) is 11.9. The zero-order valence-corrected chi connectivity index (χ0v) is 11.6. The van der Waals surface area contributed by atoms with E-state index >= 15 is 0 Å². The summed E-state index contributed by atoms with van der Waals surface area (Å²) in [6.07, 6.45) is 1.71. The molecule has 0 radical (unpaired) electrons. The van der Waals surface area contributed by atoms with Crippen molar-refractivity contribution in [2.24, 2.45) is 0 Å². The average molecular weight is 266 g/mol. The summed E-state index contributed by atoms with van der Waals surface area (Å²) in [5, 5.41) is 10.1. The Morgan fingerprint density at radius 3 is 2.79 bits per heavy atom. The highest BCUT2D eigenvalue weighted by atomic mass is 16.5. The first-order chi connectivity index (χ1) is 9.19. The van der Waals surface area contributed by atoms with E-state index in [1.807, 2.05) is 19.1 Å². The number of esters is 1. The number of aliphatic hydroxyl groups excluding tert-OH is 1. The van der Waals surface area contributed by atoms with E-state index in [2.05, 4.69) is 0 Å². The largest absolute Gasteiger partial charge is 0.496 e. The number of para-hydroxylation sites is 1. The van der Waals surface area contributed by atoms with Crippen molar-refractivity contribution in [2.45, 2.75) is 38.7 Å². The number of benzene rings is 1. The van der Waals surface area contributed by atoms with Gasteiger partial charge in [0.15, 0.2) is 0 Å². The van der Waals surface area contributed by atoms with Crippen molar-refractivity contribution in [2.75, 3.05) is 13.7 Å². The van der Waals surface area contributed by atoms with Crippen LogP contribution in [-0.2, 0) is 9.53 Å². The molecule has 1 atom stereocenters. The van der Waals surface area contributed by atoms with Crippen molar-refractivity contribution < 1.29 is 19.4 Å². The Kier molecular flexibility index (Phi) is 6.97. The van der Waals surface area contributed by atoms with Crippen LogP contribution < -0.4 is 4.74 Å². The van der Waals surface area contributed by atoms with E-state index < -0.39 is 6.10 Å². The predicted octanol–water partition coefficient (Wildman–Crippen LogP) is 2.85. The van der Waals surface area contributed by atoms with Gasteiger partial charge >= 0.3 is 5.97 Å². The van der Waals surface area contributed by atoms with Gasteiger partial charge in [-0.3, -0.25) is 4.79 Å². The summed E-state index contributed by atoms with van der Waals surface area (Å²) in [7, 11) is 1.56. The quantitative estimate of drug-likeness (QED) is 0.580. The summed E-state index contributed by atoms with van der Waals surface area (Å²) in [6, 6.07) is 7.26. The minimum absolute atomic E-state index is 0.211. The molecule has 0 aliphatic heterocycles. The fraction of sp³-hybridized carbons (Fsp3) is 0.533. The highest BCUT2D eigenvalue weighted by Gasteiger charge is 2.14. The van der Waals surface area contributed by atoms with Gasteiger partial charge in [0.1, 0.15) is 5.75 Å². The van der Waals surface area contributed by atoms with E-state index in [1.54, 1.807) is 19.2 Å². The lowest BCUT2D eigenvalue weighted by Gasteiger charge is -2.14. The van der Waals surface area contributed by atoms with Crippen molar-refractivity contribution in [1.82, 2.24) is 0 Å². The van der Waals surface area contributed by atoms with E-state index in [0.29, 0.717) is 24.3 Å². The van der Waals surface area contributed by atoms with Gasteiger partial charge in [-0.1, -0.05) is 31.5 Å². The number of hydrogen-bond acceptors (Lipinski definition) is 4. The molecule has 0 saturated carbocycles. The van der Waals surface area contributed by atoms with Crippen molar-refractivity contribution >= 4 is 5.97 Å². The fourth-order valence-corrected chi connectivity index (χ4v) is 1.75. The SMILES string of the molecule is CCCCOC(=O)CCC(O)c1ccccc1OC. The second-order valence-electron chi connectivity index (χ2n) is 4.37. The van der Waals surface area contributed by atoms with E-state index in [9.17, 15) is 9.90 Å². The standard InChI is InChI=1S/C15H22O4/c1-3-4-11-19-15(17)10-9-13(16)12-7-5-6-8-14(12)18-2/h5-8,13,16H,3-4,9-11H2,1-2H3. The van der Waals surface area contributed by atoms with Crippen LogP contribution >= 0.6 is 0 Å². The molecule has 0 spiro atoms. The second kappa shape index (κ2) is 8.53. The van der Waals surface area contributed by atoms with E-state index in [0.717, 1.165) is 12.8 Å². The van der Waals surface area contributed by atoms with Crippen LogP contribution in [0.3, 0.4) is 0 Å². The Hall–Kier alpha value is -1.55. The Balaban J connectivity index is 2.42. The number of ether oxygens (including phenoxy) is 2. The van der Waals surface area contributed by atoms with Crippen LogP contribution in [0.4, 0.5) is 0 Å². The summed E-state index contributed by atoms with van der Waals surface area (Å²) in [5.74, 6) is 0.372. The first-order valence-electron chi connectivity index (χ1n) is 6.65. The van der Waals surface area contributed by atoms with Crippen LogP contribution in [0.25, 0.3) is 0 Å². The molecular formula is C15H22O4. The lowest BCUT2D eigenvalue weighted by atomic mass is 10.0. The van der Waals surface area contributed by atoms with Gasteiger partial charge in [0.2, 0.25) is 0 Å². The number of unbranched alkanes of at least 4 members (excludes halogenated alkanes) is 1. The van der Waals surface area contributed by atoms with E-state index in [1.165, 1.54) is 0 Å². The van der Waals surface area contributed by atoms with Crippen LogP contribution in [0.5, 0.6) is 5.75 Å². The van der Waals surface area contributed by atoms with Crippen LogP contribution in [-0.4, -0.2) is 24.8 Å². The Morgan fingerprint density at radius 2 is 2.11 bits per heavy atom. The average Bonchev–Trinajstić information content (AvgIpc) is 2.45. The molecule has 0 fully saturated rings. The molecule has 1 unspecified atom stereocenters. The zero-order valence-electron chi connectivity index (χ0n) is 11.6. The first-order valence-corrected chi connectivity index (χ1v) is 6.65. The Bertz CT molecular complexity index is 389. The predicted molar refractivity (Wildman–Crippen MR) is 73.1 cm³/mol. The number of carbonyl (C=O) groups is 1. The molecule has 0 bridgehead atoms. The third-order valence-corrected chi connectivity index (χ3v) is 2.88. The summed E-state index contributed by atoms with van der Waals surface area (Å²) < 4.78 is 10.2. The van der Waals surface area contributed by atoms with E-state index in [4.69, 9.17) is 9.47 Å². The highest BCUT2D eigenvalue weighted by Crippen LogP contribution is 2.27. The maximum absolute atomic E-state index is 11.4. The topological polar surface area (TPSA) is 55.8 Å². The first kappa shape index (κ1) is 15.5. The maximum atomic E-state index is 11.4. The number of methoxy groups -OCH3 is 1. The van der Waals surface area contributed by atoms with Crippen LogP contribution in [0, 0.1) is 0 Å². The van der Waals surface area contributed by atoms with Gasteiger partial charge in [-0.05, 0) is 18.9 Å². The summed E-state index contributed by atoms with van der Waals surface area (Å²) >= 11 is 0. The summed E-state index contributed by atoms with van der Waals surface area (Å²) in [6.45, 7) is 2.50. The molecule has 4 heteroatoms. The van der Waals surface area contributed by atoms with Crippen molar-refractivity contribution in [1.29, 1.82) is 0 Å². The fourth-order valence-electron chi connectivity index (χ4n) is 1.75. The molecule has 4 nitrogen and oxygen atoms in total. The Morgan fingerprint density at radius 1 is 1.37 bits per heavy atom. The molecule has 0 amide bonds. The van der Waals surface area contributed by atoms with Gasteiger partial charge in [-0.15, -0.1) is 0 Å². The number of rotatable bonds is 8. The summed E-state index contributed by atoms with van der Waals surface area (Å²) in [4.78, 5) is 11.4. The molecule has 0 heterocycles. The molecule has 0 saturated heterocycles. The van der Waals surface area contributed by atoms with Gasteiger partial charge in [-0.25, -0.2) is 0 Å². The smallest absolute Gasteiger partial charge is 0.305 e. The lowest BCUT2D eigenvalue weighted by Crippen LogP contribution is -2.08. The molecule has 1 N–H and O–H groups in total. The highest BCUT2D eigenvalue weighted by molar-refractivity contribution is 5.69. The molecule has 0 aliphatic carbocycles. The van der Waals surface area contributed by atoms with Gasteiger partial charge in [0.25, 0.3) is 0 Å². The van der Waals surface area contributed by atoms with Crippen LogP contribution in [0.2, 0.25) is 0 Å². The minimum Gasteiger partial charge on any atom is -0.496 e. The summed E-state index contributed by atoms with van der Waals surface area (Å²) in [5.41, 5.74) is 0.700. The van der Waals surface area contributed by atoms with Gasteiger partial charge in [0, 0.05) is 12.0 Å². The molecule has 0 aliphatic rings. The zero-order chi connectivity index (χ0) is 14.1. The number of carbonyl (C=O) groups excluding carboxylic acids is 1. The van der Waals surface area contributed by atoms with Crippen molar-refractivity contribution in [3.63, 3.8) is 0 Å². The molecular weight excluding hydrogens is 244 g/mol. The lowest BCUT2D eigenvalue weighted by molar-refractivity contribution is -0.144. The van der Waals surface area contributed by atoms with Gasteiger partial charge in [0.05, 0.1) is 19.8 Å². The minimum atomic E-state index is -0.713. The maximum Gasteiger partial charge on any atom is 0.305 e. The molecule has 1 aromatic rings. The van der Waals surface area contributed by atoms with E-state index in [-0.39, 0.29) is 12.4 Å². The monoisotopic (exact) mass is 266 g/mol. The van der Waals surface area contributed by atoms with Gasteiger partial charge < -0.3 is 14.6 Å². The van der Waals surface area contributed by atoms with Crippen molar-refractivity contribution in [3.05, 3.63) is 29.8 Å². The Labute approximate surface area is 114 Å². The molecule has 0 aromatic heterocycles. The van der Waals surface area contributed by atoms with Crippen molar-refractivity contribution in [3.8, 4) is 5.75 Å². The molecule has 1 rings (SSSR count). The third-order valence-electron chi connectivity index (χ3n) is 2.88. The molecule has 19 heavy (non-hydrogen) atoms. The third kappa shape index (κ3) is 5.30. The second-order valence-corrected chi connectivity index (χ2v) is 4.37. The van der Waals surface area contributed by atoms with Gasteiger partial charge in [-0.2, -0.15) is 0 Å². The molecule has 1 aromatic carbocycles. The van der Waals surface area contributed by atoms with Crippen LogP contribution in [0.1, 0.15) is 44.3 Å². The number of hydrogen-bond donors (Lipinski definition) is 1. The van der Waals surface area contributed by atoms with Crippen LogP contribution in [0.15, 0.2) is 24.3 Å².